The number of anilines is 1. The molecule has 0 saturated heterocycles. The van der Waals surface area contributed by atoms with Gasteiger partial charge in [-0.3, -0.25) is 4.90 Å². The van der Waals surface area contributed by atoms with E-state index in [1.54, 1.807) is 19.1 Å². The van der Waals surface area contributed by atoms with E-state index in [2.05, 4.69) is 23.2 Å². The quantitative estimate of drug-likeness (QED) is 0.821. The van der Waals surface area contributed by atoms with Crippen LogP contribution in [0.2, 0.25) is 0 Å². The van der Waals surface area contributed by atoms with E-state index >= 15 is 0 Å². The summed E-state index contributed by atoms with van der Waals surface area (Å²) in [7, 11) is -3.18. The van der Waals surface area contributed by atoms with E-state index in [0.717, 1.165) is 32.6 Å². The van der Waals surface area contributed by atoms with Gasteiger partial charge in [-0.05, 0) is 25.5 Å². The maximum Gasteiger partial charge on any atom is 0.180 e. The van der Waals surface area contributed by atoms with Crippen molar-refractivity contribution >= 4 is 15.5 Å². The van der Waals surface area contributed by atoms with E-state index in [-0.39, 0.29) is 5.75 Å². The molecule has 0 aromatic heterocycles. The Bertz CT molecular complexity index is 608. The molecular formula is C16H24N2O2S. The zero-order valence-electron chi connectivity index (χ0n) is 12.8. The molecule has 0 bridgehead atoms. The third-order valence-electron chi connectivity index (χ3n) is 3.87. The summed E-state index contributed by atoms with van der Waals surface area (Å²) in [6.07, 6.45) is 3.39. The minimum absolute atomic E-state index is 0.127. The Morgan fingerprint density at radius 2 is 2.05 bits per heavy atom. The van der Waals surface area contributed by atoms with E-state index in [1.165, 1.54) is 5.57 Å². The van der Waals surface area contributed by atoms with Gasteiger partial charge < -0.3 is 5.32 Å². The average Bonchev–Trinajstić information content (AvgIpc) is 2.50. The smallest absolute Gasteiger partial charge is 0.180 e. The summed E-state index contributed by atoms with van der Waals surface area (Å²) in [6.45, 7) is 7.59. The lowest BCUT2D eigenvalue weighted by Crippen LogP contribution is -2.32. The fourth-order valence-corrected chi connectivity index (χ4v) is 3.48. The zero-order valence-corrected chi connectivity index (χ0v) is 13.6. The van der Waals surface area contributed by atoms with Crippen LogP contribution in [0.15, 0.2) is 40.8 Å². The Kier molecular flexibility index (Phi) is 5.42. The lowest BCUT2D eigenvalue weighted by Gasteiger charge is -2.25. The van der Waals surface area contributed by atoms with Crippen molar-refractivity contribution < 1.29 is 8.42 Å². The summed E-state index contributed by atoms with van der Waals surface area (Å²) in [5.74, 6) is 0.127. The molecule has 1 N–H and O–H groups in total. The molecule has 0 aliphatic carbocycles. The van der Waals surface area contributed by atoms with Crippen LogP contribution in [-0.4, -0.2) is 45.2 Å². The van der Waals surface area contributed by atoms with Gasteiger partial charge in [0, 0.05) is 26.2 Å². The highest BCUT2D eigenvalue weighted by Gasteiger charge is 2.16. The molecule has 1 aliphatic rings. The van der Waals surface area contributed by atoms with Crippen molar-refractivity contribution in [3.63, 3.8) is 0 Å². The van der Waals surface area contributed by atoms with Crippen molar-refractivity contribution in [3.8, 4) is 0 Å². The van der Waals surface area contributed by atoms with Crippen LogP contribution in [0, 0.1) is 0 Å². The summed E-state index contributed by atoms with van der Waals surface area (Å²) in [6, 6.07) is 7.15. The molecule has 1 aliphatic heterocycles. The van der Waals surface area contributed by atoms with Crippen LogP contribution in [0.1, 0.15) is 20.3 Å². The second kappa shape index (κ2) is 7.09. The van der Waals surface area contributed by atoms with E-state index in [1.807, 2.05) is 12.1 Å². The maximum atomic E-state index is 12.1. The Hall–Kier alpha value is -1.33. The molecule has 0 spiro atoms. The topological polar surface area (TPSA) is 49.4 Å². The normalized spacial score (nSPS) is 16.6. The molecule has 5 heteroatoms. The van der Waals surface area contributed by atoms with Gasteiger partial charge in [0.15, 0.2) is 9.84 Å². The van der Waals surface area contributed by atoms with Crippen LogP contribution in [0.3, 0.4) is 0 Å². The first-order valence-corrected chi connectivity index (χ1v) is 9.12. The Balaban J connectivity index is 1.95. The molecule has 0 amide bonds. The zero-order chi connectivity index (χ0) is 15.3. The first-order valence-electron chi connectivity index (χ1n) is 7.46. The number of hydrogen-bond donors (Lipinski definition) is 1. The minimum atomic E-state index is -3.18. The van der Waals surface area contributed by atoms with Gasteiger partial charge >= 0.3 is 0 Å². The number of para-hydroxylation sites is 1. The van der Waals surface area contributed by atoms with Crippen molar-refractivity contribution in [2.45, 2.75) is 25.2 Å². The van der Waals surface area contributed by atoms with E-state index < -0.39 is 9.84 Å². The number of sulfone groups is 1. The molecule has 4 nitrogen and oxygen atoms in total. The van der Waals surface area contributed by atoms with Crippen molar-refractivity contribution in [2.24, 2.45) is 0 Å². The summed E-state index contributed by atoms with van der Waals surface area (Å²) in [4.78, 5) is 2.78. The standard InChI is InChI=1S/C16H24N2O2S/c1-3-21(19,20)16-7-5-4-6-15(16)17-10-13-18-11-8-14(2)9-12-18/h4-8,17H,3,9-13H2,1-2H3. The minimum Gasteiger partial charge on any atom is -0.383 e. The summed E-state index contributed by atoms with van der Waals surface area (Å²) in [5.41, 5.74) is 2.17. The van der Waals surface area contributed by atoms with Gasteiger partial charge in [0.05, 0.1) is 16.3 Å². The van der Waals surface area contributed by atoms with Crippen molar-refractivity contribution in [1.82, 2.24) is 4.90 Å². The maximum absolute atomic E-state index is 12.1. The summed E-state index contributed by atoms with van der Waals surface area (Å²) >= 11 is 0. The largest absolute Gasteiger partial charge is 0.383 e. The van der Waals surface area contributed by atoms with E-state index in [9.17, 15) is 8.42 Å². The number of benzene rings is 1. The Morgan fingerprint density at radius 1 is 1.29 bits per heavy atom. The fourth-order valence-electron chi connectivity index (χ4n) is 2.40. The molecular weight excluding hydrogens is 284 g/mol. The molecule has 1 heterocycles. The summed E-state index contributed by atoms with van der Waals surface area (Å²) in [5, 5.41) is 3.27. The first-order chi connectivity index (χ1) is 10.0. The van der Waals surface area contributed by atoms with Crippen LogP contribution in [0.25, 0.3) is 0 Å². The third-order valence-corrected chi connectivity index (χ3v) is 5.65. The number of hydrogen-bond acceptors (Lipinski definition) is 4. The predicted molar refractivity (Wildman–Crippen MR) is 87.5 cm³/mol. The second-order valence-electron chi connectivity index (χ2n) is 5.43. The van der Waals surface area contributed by atoms with E-state index in [4.69, 9.17) is 0 Å². The van der Waals surface area contributed by atoms with Gasteiger partial charge in [0.1, 0.15) is 0 Å². The van der Waals surface area contributed by atoms with Gasteiger partial charge in [-0.15, -0.1) is 0 Å². The molecule has 0 unspecified atom stereocenters. The number of nitrogens with one attached hydrogen (secondary N) is 1. The lowest BCUT2D eigenvalue weighted by atomic mass is 10.1. The monoisotopic (exact) mass is 308 g/mol. The van der Waals surface area contributed by atoms with Gasteiger partial charge in [0.2, 0.25) is 0 Å². The van der Waals surface area contributed by atoms with Crippen LogP contribution in [-0.2, 0) is 9.84 Å². The molecule has 2 rings (SSSR count). The molecule has 116 valence electrons. The molecule has 0 radical (unpaired) electrons. The highest BCUT2D eigenvalue weighted by atomic mass is 32.2. The molecule has 0 fully saturated rings. The second-order valence-corrected chi connectivity index (χ2v) is 7.67. The molecule has 0 atom stereocenters. The van der Waals surface area contributed by atoms with E-state index in [0.29, 0.717) is 10.6 Å². The Morgan fingerprint density at radius 3 is 2.71 bits per heavy atom. The summed E-state index contributed by atoms with van der Waals surface area (Å²) < 4.78 is 24.1. The van der Waals surface area contributed by atoms with Gasteiger partial charge in [0.25, 0.3) is 0 Å². The fraction of sp³-hybridized carbons (Fsp3) is 0.500. The first kappa shape index (κ1) is 16.0. The molecule has 21 heavy (non-hydrogen) atoms. The van der Waals surface area contributed by atoms with Crippen LogP contribution < -0.4 is 5.32 Å². The van der Waals surface area contributed by atoms with Crippen molar-refractivity contribution in [2.75, 3.05) is 37.2 Å². The molecule has 1 aromatic rings. The lowest BCUT2D eigenvalue weighted by molar-refractivity contribution is 0.305. The third kappa shape index (κ3) is 4.32. The van der Waals surface area contributed by atoms with Crippen LogP contribution in [0.4, 0.5) is 5.69 Å². The van der Waals surface area contributed by atoms with Gasteiger partial charge in [-0.2, -0.15) is 0 Å². The molecule has 1 aromatic carbocycles. The van der Waals surface area contributed by atoms with Crippen LogP contribution in [0.5, 0.6) is 0 Å². The average molecular weight is 308 g/mol. The predicted octanol–water partition coefficient (Wildman–Crippen LogP) is 2.54. The SMILES string of the molecule is CCS(=O)(=O)c1ccccc1NCCN1CC=C(C)CC1. The number of rotatable bonds is 6. The van der Waals surface area contributed by atoms with Gasteiger partial charge in [-0.25, -0.2) is 8.42 Å². The van der Waals surface area contributed by atoms with Gasteiger partial charge in [-0.1, -0.05) is 30.7 Å². The highest BCUT2D eigenvalue weighted by Crippen LogP contribution is 2.21. The number of nitrogens with zero attached hydrogens (tertiary/aromatic N) is 1. The highest BCUT2D eigenvalue weighted by molar-refractivity contribution is 7.91. The van der Waals surface area contributed by atoms with Crippen molar-refractivity contribution in [3.05, 3.63) is 35.9 Å². The molecule has 0 saturated carbocycles. The van der Waals surface area contributed by atoms with Crippen molar-refractivity contribution in [1.29, 1.82) is 0 Å². The Labute approximate surface area is 127 Å². The van der Waals surface area contributed by atoms with Crippen LogP contribution >= 0.6 is 0 Å².